The molecule has 1 aromatic carbocycles. The third-order valence-electron chi connectivity index (χ3n) is 3.19. The summed E-state index contributed by atoms with van der Waals surface area (Å²) >= 11 is 0. The lowest BCUT2D eigenvalue weighted by Gasteiger charge is -2.12. The average Bonchev–Trinajstić information content (AvgIpc) is 2.96. The van der Waals surface area contributed by atoms with Crippen molar-refractivity contribution in [1.82, 2.24) is 9.88 Å². The molecule has 0 fully saturated rings. The molecule has 0 aliphatic heterocycles. The second-order valence-electron chi connectivity index (χ2n) is 4.97. The topological polar surface area (TPSA) is 37.3 Å². The summed E-state index contributed by atoms with van der Waals surface area (Å²) in [6.07, 6.45) is 4.99. The van der Waals surface area contributed by atoms with Crippen LogP contribution in [0, 0.1) is 0 Å². The first-order valence-corrected chi connectivity index (χ1v) is 6.83. The van der Waals surface area contributed by atoms with Gasteiger partial charge in [0.25, 0.3) is 5.91 Å². The Bertz CT molecular complexity index is 529. The summed E-state index contributed by atoms with van der Waals surface area (Å²) in [5.41, 5.74) is 1.80. The van der Waals surface area contributed by atoms with E-state index in [1.807, 2.05) is 67.8 Å². The minimum atomic E-state index is -0.0113. The van der Waals surface area contributed by atoms with Crippen molar-refractivity contribution in [2.75, 3.05) is 25.5 Å². The minimum Gasteiger partial charge on any atom is -0.378 e. The molecule has 0 saturated heterocycles. The van der Waals surface area contributed by atoms with Crippen molar-refractivity contribution in [3.63, 3.8) is 0 Å². The molecule has 1 amide bonds. The molecule has 0 unspecified atom stereocenters. The number of aromatic nitrogens is 1. The number of aryl methyl sites for hydroxylation is 1. The molecule has 0 aliphatic carbocycles. The summed E-state index contributed by atoms with van der Waals surface area (Å²) in [5.74, 6) is -0.0113. The van der Waals surface area contributed by atoms with Gasteiger partial charge in [0.1, 0.15) is 0 Å². The van der Waals surface area contributed by atoms with Crippen LogP contribution in [0.1, 0.15) is 16.8 Å². The molecule has 2 aromatic rings. The Kier molecular flexibility index (Phi) is 4.82. The number of rotatable bonds is 6. The number of nitrogens with zero attached hydrogens (tertiary/aromatic N) is 2. The number of hydrogen-bond donors (Lipinski definition) is 1. The zero-order valence-electron chi connectivity index (χ0n) is 12.0. The van der Waals surface area contributed by atoms with Crippen LogP contribution in [-0.2, 0) is 6.54 Å². The van der Waals surface area contributed by atoms with Gasteiger partial charge in [-0.25, -0.2) is 0 Å². The average molecular weight is 271 g/mol. The highest BCUT2D eigenvalue weighted by Crippen LogP contribution is 2.12. The predicted octanol–water partition coefficient (Wildman–Crippen LogP) is 2.37. The van der Waals surface area contributed by atoms with Gasteiger partial charge in [-0.15, -0.1) is 0 Å². The van der Waals surface area contributed by atoms with Crippen molar-refractivity contribution in [2.24, 2.45) is 0 Å². The van der Waals surface area contributed by atoms with Crippen LogP contribution in [0.25, 0.3) is 0 Å². The maximum absolute atomic E-state index is 12.0. The molecule has 4 heteroatoms. The lowest BCUT2D eigenvalue weighted by molar-refractivity contribution is 0.0953. The van der Waals surface area contributed by atoms with E-state index < -0.39 is 0 Å². The number of hydrogen-bond acceptors (Lipinski definition) is 2. The number of amides is 1. The third-order valence-corrected chi connectivity index (χ3v) is 3.19. The first kappa shape index (κ1) is 14.2. The van der Waals surface area contributed by atoms with Gasteiger partial charge in [0.2, 0.25) is 0 Å². The van der Waals surface area contributed by atoms with Gasteiger partial charge in [-0.2, -0.15) is 0 Å². The van der Waals surface area contributed by atoms with Gasteiger partial charge in [-0.1, -0.05) is 0 Å². The Morgan fingerprint density at radius 1 is 1.15 bits per heavy atom. The van der Waals surface area contributed by atoms with Crippen molar-refractivity contribution in [1.29, 1.82) is 0 Å². The Hall–Kier alpha value is -2.23. The van der Waals surface area contributed by atoms with Gasteiger partial charge in [-0.05, 0) is 42.8 Å². The number of anilines is 1. The van der Waals surface area contributed by atoms with E-state index in [1.165, 1.54) is 0 Å². The first-order chi connectivity index (χ1) is 9.66. The van der Waals surface area contributed by atoms with Crippen molar-refractivity contribution < 1.29 is 4.79 Å². The van der Waals surface area contributed by atoms with Gasteiger partial charge in [0.05, 0.1) is 0 Å². The molecular formula is C16H21N3O. The Labute approximate surface area is 120 Å². The quantitative estimate of drug-likeness (QED) is 0.819. The van der Waals surface area contributed by atoms with E-state index in [2.05, 4.69) is 9.88 Å². The van der Waals surface area contributed by atoms with Crippen molar-refractivity contribution in [2.45, 2.75) is 13.0 Å². The summed E-state index contributed by atoms with van der Waals surface area (Å²) in [7, 11) is 3.96. The molecule has 2 rings (SSSR count). The van der Waals surface area contributed by atoms with Crippen LogP contribution in [0.3, 0.4) is 0 Å². The Morgan fingerprint density at radius 2 is 1.80 bits per heavy atom. The first-order valence-electron chi connectivity index (χ1n) is 6.83. The highest BCUT2D eigenvalue weighted by Gasteiger charge is 2.04. The fourth-order valence-electron chi connectivity index (χ4n) is 2.00. The van der Waals surface area contributed by atoms with Crippen LogP contribution in [-0.4, -0.2) is 31.1 Å². The van der Waals surface area contributed by atoms with Gasteiger partial charge in [0, 0.05) is 50.8 Å². The molecule has 4 nitrogen and oxygen atoms in total. The van der Waals surface area contributed by atoms with Gasteiger partial charge < -0.3 is 14.8 Å². The van der Waals surface area contributed by atoms with Gasteiger partial charge in [0.15, 0.2) is 0 Å². The molecular weight excluding hydrogens is 250 g/mol. The maximum Gasteiger partial charge on any atom is 0.251 e. The number of nitrogens with one attached hydrogen (secondary N) is 1. The minimum absolute atomic E-state index is 0.0113. The van der Waals surface area contributed by atoms with E-state index in [4.69, 9.17) is 0 Å². The van der Waals surface area contributed by atoms with Crippen LogP contribution in [0.4, 0.5) is 5.69 Å². The van der Waals surface area contributed by atoms with Crippen molar-refractivity contribution >= 4 is 11.6 Å². The molecule has 106 valence electrons. The van der Waals surface area contributed by atoms with E-state index >= 15 is 0 Å². The number of benzene rings is 1. The predicted molar refractivity (Wildman–Crippen MR) is 82.2 cm³/mol. The van der Waals surface area contributed by atoms with Crippen LogP contribution in [0.2, 0.25) is 0 Å². The Morgan fingerprint density at radius 3 is 2.40 bits per heavy atom. The lowest BCUT2D eigenvalue weighted by atomic mass is 10.2. The van der Waals surface area contributed by atoms with E-state index in [0.717, 1.165) is 18.7 Å². The monoisotopic (exact) mass is 271 g/mol. The molecule has 0 aliphatic rings. The van der Waals surface area contributed by atoms with E-state index in [-0.39, 0.29) is 5.91 Å². The van der Waals surface area contributed by atoms with Crippen LogP contribution in [0.15, 0.2) is 48.8 Å². The summed E-state index contributed by atoms with van der Waals surface area (Å²) in [6.45, 7) is 1.61. The Balaban J connectivity index is 1.76. The second-order valence-corrected chi connectivity index (χ2v) is 4.97. The van der Waals surface area contributed by atoms with Crippen LogP contribution in [0.5, 0.6) is 0 Å². The van der Waals surface area contributed by atoms with E-state index in [1.54, 1.807) is 0 Å². The summed E-state index contributed by atoms with van der Waals surface area (Å²) in [6, 6.07) is 11.6. The molecule has 20 heavy (non-hydrogen) atoms. The van der Waals surface area contributed by atoms with E-state index in [9.17, 15) is 4.79 Å². The SMILES string of the molecule is CN(C)c1ccc(C(=O)NCCCn2cccc2)cc1. The largest absolute Gasteiger partial charge is 0.378 e. The zero-order valence-corrected chi connectivity index (χ0v) is 12.0. The smallest absolute Gasteiger partial charge is 0.251 e. The molecule has 0 bridgehead atoms. The zero-order chi connectivity index (χ0) is 14.4. The molecule has 1 heterocycles. The molecule has 0 saturated carbocycles. The van der Waals surface area contributed by atoms with Gasteiger partial charge in [-0.3, -0.25) is 4.79 Å². The molecule has 0 radical (unpaired) electrons. The third kappa shape index (κ3) is 3.88. The van der Waals surface area contributed by atoms with Crippen LogP contribution < -0.4 is 10.2 Å². The number of carbonyl (C=O) groups is 1. The maximum atomic E-state index is 12.0. The van der Waals surface area contributed by atoms with Crippen molar-refractivity contribution in [3.8, 4) is 0 Å². The second kappa shape index (κ2) is 6.80. The summed E-state index contributed by atoms with van der Waals surface area (Å²) in [4.78, 5) is 14.0. The molecule has 0 atom stereocenters. The summed E-state index contributed by atoms with van der Waals surface area (Å²) in [5, 5.41) is 2.94. The number of carbonyl (C=O) groups excluding carboxylic acids is 1. The van der Waals surface area contributed by atoms with Crippen LogP contribution >= 0.6 is 0 Å². The normalized spacial score (nSPS) is 10.3. The molecule has 0 spiro atoms. The highest BCUT2D eigenvalue weighted by atomic mass is 16.1. The van der Waals surface area contributed by atoms with Gasteiger partial charge >= 0.3 is 0 Å². The van der Waals surface area contributed by atoms with Crippen molar-refractivity contribution in [3.05, 3.63) is 54.4 Å². The highest BCUT2D eigenvalue weighted by molar-refractivity contribution is 5.94. The fourth-order valence-corrected chi connectivity index (χ4v) is 2.00. The molecule has 1 aromatic heterocycles. The molecule has 1 N–H and O–H groups in total. The van der Waals surface area contributed by atoms with E-state index in [0.29, 0.717) is 12.1 Å². The fraction of sp³-hybridized carbons (Fsp3) is 0.312. The lowest BCUT2D eigenvalue weighted by Crippen LogP contribution is -2.25. The standard InChI is InChI=1S/C16H21N3O/c1-18(2)15-8-6-14(7-9-15)16(20)17-10-5-13-19-11-3-4-12-19/h3-4,6-9,11-12H,5,10,13H2,1-2H3,(H,17,20). The summed E-state index contributed by atoms with van der Waals surface area (Å²) < 4.78 is 2.11.